The molecule has 1 aliphatic rings. The highest BCUT2D eigenvalue weighted by Gasteiger charge is 2.23. The topological polar surface area (TPSA) is 38.3 Å². The van der Waals surface area contributed by atoms with Gasteiger partial charge in [0.05, 0.1) is 13.7 Å². The molecule has 1 saturated carbocycles. The van der Waals surface area contributed by atoms with Gasteiger partial charge in [-0.25, -0.2) is 0 Å². The molecule has 0 aliphatic heterocycles. The lowest BCUT2D eigenvalue weighted by Gasteiger charge is -2.15. The summed E-state index contributed by atoms with van der Waals surface area (Å²) in [6.45, 7) is 2.58. The van der Waals surface area contributed by atoms with Crippen LogP contribution in [0.4, 0.5) is 0 Å². The number of hydrogen-bond donors (Lipinski definition) is 1. The molecular formula is C9H17NO2. The maximum Gasteiger partial charge on any atom is 0.319 e. The average molecular weight is 171 g/mol. The van der Waals surface area contributed by atoms with Gasteiger partial charge in [-0.1, -0.05) is 13.3 Å². The first kappa shape index (κ1) is 9.52. The summed E-state index contributed by atoms with van der Waals surface area (Å²) in [7, 11) is 1.42. The number of ether oxygens (including phenoxy) is 1. The van der Waals surface area contributed by atoms with E-state index in [0.29, 0.717) is 18.5 Å². The molecule has 0 aromatic carbocycles. The average Bonchev–Trinajstić information content (AvgIpc) is 2.47. The minimum atomic E-state index is -0.172. The monoisotopic (exact) mass is 171 g/mol. The number of methoxy groups -OCH3 is 1. The predicted octanol–water partition coefficient (Wildman–Crippen LogP) is 0.938. The highest BCUT2D eigenvalue weighted by atomic mass is 16.5. The maximum atomic E-state index is 10.8. The van der Waals surface area contributed by atoms with Gasteiger partial charge in [-0.3, -0.25) is 4.79 Å². The van der Waals surface area contributed by atoms with Gasteiger partial charge in [-0.05, 0) is 18.8 Å². The van der Waals surface area contributed by atoms with Crippen LogP contribution in [0.3, 0.4) is 0 Å². The zero-order chi connectivity index (χ0) is 8.97. The third-order valence-corrected chi connectivity index (χ3v) is 2.60. The van der Waals surface area contributed by atoms with Crippen molar-refractivity contribution in [1.29, 1.82) is 0 Å². The number of carbonyl (C=O) groups excluding carboxylic acids is 1. The van der Waals surface area contributed by atoms with E-state index >= 15 is 0 Å². The van der Waals surface area contributed by atoms with Crippen molar-refractivity contribution in [2.24, 2.45) is 5.92 Å². The van der Waals surface area contributed by atoms with Crippen LogP contribution >= 0.6 is 0 Å². The first-order chi connectivity index (χ1) is 5.74. The number of esters is 1. The number of hydrogen-bond acceptors (Lipinski definition) is 3. The molecule has 0 aromatic rings. The van der Waals surface area contributed by atoms with E-state index in [1.807, 2.05) is 0 Å². The van der Waals surface area contributed by atoms with E-state index in [2.05, 4.69) is 17.0 Å². The molecule has 0 bridgehead atoms. The number of carbonyl (C=O) groups is 1. The second kappa shape index (κ2) is 4.45. The molecule has 1 rings (SSSR count). The summed E-state index contributed by atoms with van der Waals surface area (Å²) in [5.41, 5.74) is 0. The molecule has 0 aromatic heterocycles. The smallest absolute Gasteiger partial charge is 0.319 e. The third-order valence-electron chi connectivity index (χ3n) is 2.60. The van der Waals surface area contributed by atoms with Crippen molar-refractivity contribution in [3.8, 4) is 0 Å². The minimum Gasteiger partial charge on any atom is -0.468 e. The van der Waals surface area contributed by atoms with Crippen molar-refractivity contribution in [2.75, 3.05) is 13.7 Å². The normalized spacial score (nSPS) is 28.8. The summed E-state index contributed by atoms with van der Waals surface area (Å²) in [5, 5.41) is 3.21. The van der Waals surface area contributed by atoms with Crippen molar-refractivity contribution in [3.05, 3.63) is 0 Å². The molecule has 0 spiro atoms. The minimum absolute atomic E-state index is 0.172. The fourth-order valence-electron chi connectivity index (χ4n) is 1.74. The Morgan fingerprint density at radius 2 is 2.33 bits per heavy atom. The Balaban J connectivity index is 2.18. The molecule has 2 atom stereocenters. The summed E-state index contributed by atoms with van der Waals surface area (Å²) >= 11 is 0. The van der Waals surface area contributed by atoms with Crippen LogP contribution in [0.1, 0.15) is 26.2 Å². The molecule has 3 heteroatoms. The Morgan fingerprint density at radius 3 is 2.83 bits per heavy atom. The number of nitrogens with one attached hydrogen (secondary N) is 1. The van der Waals surface area contributed by atoms with E-state index < -0.39 is 0 Å². The van der Waals surface area contributed by atoms with Crippen molar-refractivity contribution in [3.63, 3.8) is 0 Å². The van der Waals surface area contributed by atoms with Crippen LogP contribution in [0.2, 0.25) is 0 Å². The first-order valence-corrected chi connectivity index (χ1v) is 4.54. The Morgan fingerprint density at radius 1 is 1.58 bits per heavy atom. The van der Waals surface area contributed by atoms with E-state index in [1.54, 1.807) is 0 Å². The van der Waals surface area contributed by atoms with Crippen LogP contribution in [0.15, 0.2) is 0 Å². The predicted molar refractivity (Wildman–Crippen MR) is 46.8 cm³/mol. The molecule has 0 amide bonds. The van der Waals surface area contributed by atoms with Gasteiger partial charge in [-0.2, -0.15) is 0 Å². The second-order valence-electron chi connectivity index (χ2n) is 3.47. The van der Waals surface area contributed by atoms with Gasteiger partial charge in [0.2, 0.25) is 0 Å². The molecule has 0 heterocycles. The van der Waals surface area contributed by atoms with Gasteiger partial charge in [0.25, 0.3) is 0 Å². The van der Waals surface area contributed by atoms with Crippen molar-refractivity contribution < 1.29 is 9.53 Å². The van der Waals surface area contributed by atoms with E-state index in [9.17, 15) is 4.79 Å². The van der Waals surface area contributed by atoms with Crippen LogP contribution < -0.4 is 5.32 Å². The van der Waals surface area contributed by atoms with Gasteiger partial charge in [0.1, 0.15) is 0 Å². The van der Waals surface area contributed by atoms with Crippen LogP contribution in [-0.4, -0.2) is 25.7 Å². The lowest BCUT2D eigenvalue weighted by molar-refractivity contribution is -0.139. The SMILES string of the molecule is COC(=O)CNC1CCCC1C. The standard InChI is InChI=1S/C9H17NO2/c1-7-4-3-5-8(7)10-6-9(11)12-2/h7-8,10H,3-6H2,1-2H3. The Kier molecular flexibility index (Phi) is 3.53. The zero-order valence-corrected chi connectivity index (χ0v) is 7.80. The maximum absolute atomic E-state index is 10.8. The highest BCUT2D eigenvalue weighted by Crippen LogP contribution is 2.24. The molecule has 70 valence electrons. The van der Waals surface area contributed by atoms with Crippen molar-refractivity contribution in [1.82, 2.24) is 5.32 Å². The summed E-state index contributed by atoms with van der Waals surface area (Å²) in [6.07, 6.45) is 3.75. The van der Waals surface area contributed by atoms with Gasteiger partial charge >= 0.3 is 5.97 Å². The Bertz CT molecular complexity index is 159. The Labute approximate surface area is 73.5 Å². The molecule has 3 nitrogen and oxygen atoms in total. The fourth-order valence-corrected chi connectivity index (χ4v) is 1.74. The summed E-state index contributed by atoms with van der Waals surface area (Å²) in [6, 6.07) is 0.518. The summed E-state index contributed by atoms with van der Waals surface area (Å²) in [4.78, 5) is 10.8. The van der Waals surface area contributed by atoms with Gasteiger partial charge < -0.3 is 10.1 Å². The lowest BCUT2D eigenvalue weighted by atomic mass is 10.1. The molecular weight excluding hydrogens is 154 g/mol. The van der Waals surface area contributed by atoms with Crippen LogP contribution in [-0.2, 0) is 9.53 Å². The quantitative estimate of drug-likeness (QED) is 0.642. The van der Waals surface area contributed by atoms with Gasteiger partial charge in [0.15, 0.2) is 0 Å². The molecule has 1 aliphatic carbocycles. The van der Waals surface area contributed by atoms with Crippen molar-refractivity contribution in [2.45, 2.75) is 32.2 Å². The molecule has 1 fully saturated rings. The molecule has 12 heavy (non-hydrogen) atoms. The van der Waals surface area contributed by atoms with E-state index in [0.717, 1.165) is 0 Å². The largest absolute Gasteiger partial charge is 0.468 e. The van der Waals surface area contributed by atoms with E-state index in [4.69, 9.17) is 0 Å². The summed E-state index contributed by atoms with van der Waals surface area (Å²) in [5.74, 6) is 0.531. The van der Waals surface area contributed by atoms with Crippen molar-refractivity contribution >= 4 is 5.97 Å². The molecule has 2 unspecified atom stereocenters. The number of rotatable bonds is 3. The molecule has 0 radical (unpaired) electrons. The van der Waals surface area contributed by atoms with Crippen LogP contribution in [0.5, 0.6) is 0 Å². The van der Waals surface area contributed by atoms with Gasteiger partial charge in [0, 0.05) is 6.04 Å². The van der Waals surface area contributed by atoms with E-state index in [-0.39, 0.29) is 5.97 Å². The lowest BCUT2D eigenvalue weighted by Crippen LogP contribution is -2.35. The van der Waals surface area contributed by atoms with Crippen LogP contribution in [0, 0.1) is 5.92 Å². The molecule has 0 saturated heterocycles. The second-order valence-corrected chi connectivity index (χ2v) is 3.47. The fraction of sp³-hybridized carbons (Fsp3) is 0.889. The highest BCUT2D eigenvalue weighted by molar-refractivity contribution is 5.71. The zero-order valence-electron chi connectivity index (χ0n) is 7.80. The summed E-state index contributed by atoms with van der Waals surface area (Å²) < 4.78 is 4.54. The Hall–Kier alpha value is -0.570. The van der Waals surface area contributed by atoms with E-state index in [1.165, 1.54) is 26.4 Å². The molecule has 1 N–H and O–H groups in total. The van der Waals surface area contributed by atoms with Crippen LogP contribution in [0.25, 0.3) is 0 Å². The van der Waals surface area contributed by atoms with Gasteiger partial charge in [-0.15, -0.1) is 0 Å². The third kappa shape index (κ3) is 2.48. The first-order valence-electron chi connectivity index (χ1n) is 4.54.